The summed E-state index contributed by atoms with van der Waals surface area (Å²) in [4.78, 5) is 7.01. The lowest BCUT2D eigenvalue weighted by Gasteiger charge is -2.38. The molecule has 0 bridgehead atoms. The highest BCUT2D eigenvalue weighted by Gasteiger charge is 2.43. The first kappa shape index (κ1) is 20.4. The maximum Gasteiger partial charge on any atom is 0.240 e. The minimum absolute atomic E-state index is 0. The number of likely N-dealkylation sites (tertiary alicyclic amines) is 1. The maximum atomic E-state index is 11.9. The van der Waals surface area contributed by atoms with Gasteiger partial charge in [-0.1, -0.05) is 18.6 Å². The van der Waals surface area contributed by atoms with E-state index in [9.17, 15) is 8.42 Å². The highest BCUT2D eigenvalue weighted by molar-refractivity contribution is 14.0. The van der Waals surface area contributed by atoms with Crippen molar-refractivity contribution in [2.45, 2.75) is 37.1 Å². The summed E-state index contributed by atoms with van der Waals surface area (Å²) in [5.74, 6) is 0.903. The molecule has 2 N–H and O–H groups in total. The Morgan fingerprint density at radius 2 is 2.08 bits per heavy atom. The van der Waals surface area contributed by atoms with Gasteiger partial charge in [0.15, 0.2) is 5.96 Å². The van der Waals surface area contributed by atoms with Crippen LogP contribution in [0, 0.1) is 5.41 Å². The van der Waals surface area contributed by atoms with E-state index in [1.807, 2.05) is 6.07 Å². The first-order valence-electron chi connectivity index (χ1n) is 8.46. The molecule has 1 spiro atoms. The van der Waals surface area contributed by atoms with Crippen molar-refractivity contribution in [2.75, 3.05) is 27.2 Å². The van der Waals surface area contributed by atoms with Gasteiger partial charge in [-0.15, -0.1) is 24.0 Å². The molecule has 140 valence electrons. The van der Waals surface area contributed by atoms with E-state index in [1.165, 1.54) is 32.7 Å². The van der Waals surface area contributed by atoms with Gasteiger partial charge >= 0.3 is 0 Å². The second kappa shape index (κ2) is 8.22. The molecule has 1 heterocycles. The Morgan fingerprint density at radius 1 is 1.32 bits per heavy atom. The fourth-order valence-corrected chi connectivity index (χ4v) is 4.45. The van der Waals surface area contributed by atoms with Crippen LogP contribution in [0.5, 0.6) is 0 Å². The summed E-state index contributed by atoms with van der Waals surface area (Å²) in [6.07, 6.45) is 5.28. The summed E-state index contributed by atoms with van der Waals surface area (Å²) < 4.78 is 26.2. The van der Waals surface area contributed by atoms with Crippen molar-refractivity contribution in [3.8, 4) is 0 Å². The molecule has 1 saturated heterocycles. The molecular formula is C17H27IN4O2S. The smallest absolute Gasteiger partial charge is 0.240 e. The summed E-state index contributed by atoms with van der Waals surface area (Å²) in [5, 5.41) is 3.37. The number of halogens is 1. The third-order valence-electron chi connectivity index (χ3n) is 5.29. The van der Waals surface area contributed by atoms with Gasteiger partial charge < -0.3 is 10.2 Å². The van der Waals surface area contributed by atoms with Gasteiger partial charge in [-0.25, -0.2) is 13.1 Å². The van der Waals surface area contributed by atoms with Crippen LogP contribution in [0.25, 0.3) is 0 Å². The summed E-state index contributed by atoms with van der Waals surface area (Å²) in [7, 11) is -0.186. The Hall–Kier alpha value is -0.870. The van der Waals surface area contributed by atoms with E-state index in [1.54, 1.807) is 25.2 Å². The second-order valence-electron chi connectivity index (χ2n) is 6.78. The van der Waals surface area contributed by atoms with Crippen molar-refractivity contribution in [2.24, 2.45) is 10.4 Å². The molecule has 6 nitrogen and oxygen atoms in total. The third kappa shape index (κ3) is 4.46. The van der Waals surface area contributed by atoms with E-state index in [0.29, 0.717) is 12.0 Å². The van der Waals surface area contributed by atoms with Crippen LogP contribution in [-0.2, 0) is 16.6 Å². The van der Waals surface area contributed by atoms with Gasteiger partial charge in [0.05, 0.1) is 4.90 Å². The predicted octanol–water partition coefficient (Wildman–Crippen LogP) is 2.16. The average molecular weight is 478 g/mol. The number of nitrogens with one attached hydrogen (secondary N) is 2. The number of rotatable bonds is 4. The highest BCUT2D eigenvalue weighted by atomic mass is 127. The Bertz CT molecular complexity index is 732. The van der Waals surface area contributed by atoms with E-state index in [-0.39, 0.29) is 28.9 Å². The number of nitrogens with zero attached hydrogens (tertiary/aromatic N) is 2. The summed E-state index contributed by atoms with van der Waals surface area (Å²) in [6, 6.07) is 6.99. The molecule has 1 aliphatic carbocycles. The minimum Gasteiger partial charge on any atom is -0.352 e. The standard InChI is InChI=1S/C17H26N4O2S.HI/c1-18-16(21-10-9-17(13-21)7-4-8-17)20-12-14-5-3-6-15(11-14)24(22,23)19-2;/h3,5-6,11,19H,4,7-10,12-13H2,1-2H3,(H,18,20);1H. The van der Waals surface area contributed by atoms with Crippen molar-refractivity contribution in [1.82, 2.24) is 14.9 Å². The van der Waals surface area contributed by atoms with Crippen molar-refractivity contribution in [3.05, 3.63) is 29.8 Å². The van der Waals surface area contributed by atoms with E-state index < -0.39 is 10.0 Å². The average Bonchev–Trinajstić information content (AvgIpc) is 3.02. The molecule has 25 heavy (non-hydrogen) atoms. The molecule has 3 rings (SSSR count). The molecule has 2 fully saturated rings. The maximum absolute atomic E-state index is 11.9. The van der Waals surface area contributed by atoms with Crippen molar-refractivity contribution < 1.29 is 8.42 Å². The Balaban J connectivity index is 0.00000225. The lowest BCUT2D eigenvalue weighted by atomic mass is 9.68. The van der Waals surface area contributed by atoms with Crippen LogP contribution in [0.4, 0.5) is 0 Å². The van der Waals surface area contributed by atoms with Gasteiger partial charge in [0, 0.05) is 26.7 Å². The number of hydrogen-bond donors (Lipinski definition) is 2. The zero-order valence-corrected chi connectivity index (χ0v) is 17.9. The molecule has 1 saturated carbocycles. The molecule has 2 aliphatic rings. The van der Waals surface area contributed by atoms with Crippen molar-refractivity contribution >= 4 is 40.0 Å². The molecule has 0 aromatic heterocycles. The topological polar surface area (TPSA) is 73.8 Å². The zero-order chi connectivity index (χ0) is 17.2. The van der Waals surface area contributed by atoms with Gasteiger partial charge in [0.25, 0.3) is 0 Å². The van der Waals surface area contributed by atoms with Crippen LogP contribution in [-0.4, -0.2) is 46.5 Å². The number of benzene rings is 1. The number of hydrogen-bond acceptors (Lipinski definition) is 3. The van der Waals surface area contributed by atoms with E-state index in [2.05, 4.69) is 19.9 Å². The van der Waals surface area contributed by atoms with Gasteiger partial charge in [0.2, 0.25) is 10.0 Å². The molecule has 8 heteroatoms. The summed E-state index contributed by atoms with van der Waals surface area (Å²) >= 11 is 0. The molecule has 0 radical (unpaired) electrons. The largest absolute Gasteiger partial charge is 0.352 e. The second-order valence-corrected chi connectivity index (χ2v) is 8.67. The normalized spacial score (nSPS) is 19.4. The Labute approximate surface area is 167 Å². The van der Waals surface area contributed by atoms with Crippen LogP contribution in [0.1, 0.15) is 31.2 Å². The predicted molar refractivity (Wildman–Crippen MR) is 111 cm³/mol. The first-order valence-corrected chi connectivity index (χ1v) is 9.94. The Kier molecular flexibility index (Phi) is 6.72. The van der Waals surface area contributed by atoms with Gasteiger partial charge in [-0.3, -0.25) is 4.99 Å². The fraction of sp³-hybridized carbons (Fsp3) is 0.588. The molecule has 0 amide bonds. The number of sulfonamides is 1. The lowest BCUT2D eigenvalue weighted by Crippen LogP contribution is -2.42. The van der Waals surface area contributed by atoms with Crippen molar-refractivity contribution in [1.29, 1.82) is 0 Å². The third-order valence-corrected chi connectivity index (χ3v) is 6.70. The van der Waals surface area contributed by atoms with Crippen LogP contribution >= 0.6 is 24.0 Å². The SMILES string of the molecule is CN=C(NCc1cccc(S(=O)(=O)NC)c1)N1CCC2(CCC2)C1.I. The first-order chi connectivity index (χ1) is 11.5. The molecular weight excluding hydrogens is 451 g/mol. The van der Waals surface area contributed by atoms with Gasteiger partial charge in [-0.2, -0.15) is 0 Å². The molecule has 1 aromatic carbocycles. The molecule has 0 atom stereocenters. The van der Waals surface area contributed by atoms with Gasteiger partial charge in [-0.05, 0) is 49.4 Å². The van der Waals surface area contributed by atoms with E-state index >= 15 is 0 Å². The van der Waals surface area contributed by atoms with Crippen molar-refractivity contribution in [3.63, 3.8) is 0 Å². The number of aliphatic imine (C=N–C) groups is 1. The highest BCUT2D eigenvalue weighted by Crippen LogP contribution is 2.47. The zero-order valence-electron chi connectivity index (χ0n) is 14.8. The van der Waals surface area contributed by atoms with Crippen LogP contribution < -0.4 is 10.0 Å². The monoisotopic (exact) mass is 478 g/mol. The number of guanidine groups is 1. The molecule has 1 aliphatic heterocycles. The van der Waals surface area contributed by atoms with Crippen LogP contribution in [0.15, 0.2) is 34.2 Å². The quantitative estimate of drug-likeness (QED) is 0.395. The summed E-state index contributed by atoms with van der Waals surface area (Å²) in [5.41, 5.74) is 1.45. The van der Waals surface area contributed by atoms with E-state index in [0.717, 1.165) is 24.6 Å². The van der Waals surface area contributed by atoms with E-state index in [4.69, 9.17) is 0 Å². The fourth-order valence-electron chi connectivity index (χ4n) is 3.65. The van der Waals surface area contributed by atoms with Gasteiger partial charge in [0.1, 0.15) is 0 Å². The molecule has 1 aromatic rings. The van der Waals surface area contributed by atoms with Crippen LogP contribution in [0.3, 0.4) is 0 Å². The molecule has 0 unspecified atom stereocenters. The Morgan fingerprint density at radius 3 is 2.64 bits per heavy atom. The lowest BCUT2D eigenvalue weighted by molar-refractivity contribution is 0.151. The van der Waals surface area contributed by atoms with Crippen LogP contribution in [0.2, 0.25) is 0 Å². The minimum atomic E-state index is -3.41. The summed E-state index contributed by atoms with van der Waals surface area (Å²) in [6.45, 7) is 2.69.